The van der Waals surface area contributed by atoms with Crippen LogP contribution in [0, 0.1) is 0 Å². The average molecular weight is 525 g/mol. The zero-order valence-corrected chi connectivity index (χ0v) is 22.7. The number of nitrogens with zero attached hydrogens (tertiary/aromatic N) is 3. The number of methoxy groups -OCH3 is 1. The summed E-state index contributed by atoms with van der Waals surface area (Å²) in [6.07, 6.45) is 4.72. The van der Waals surface area contributed by atoms with Crippen LogP contribution < -0.4 is 14.8 Å². The predicted octanol–water partition coefficient (Wildman–Crippen LogP) is 5.37. The molecule has 198 valence electrons. The molecule has 0 aromatic heterocycles. The molecule has 1 N–H and O–H groups in total. The Morgan fingerprint density at radius 1 is 1.11 bits per heavy atom. The van der Waals surface area contributed by atoms with E-state index in [1.54, 1.807) is 7.11 Å². The van der Waals surface area contributed by atoms with Gasteiger partial charge in [0.05, 0.1) is 32.0 Å². The summed E-state index contributed by atoms with van der Waals surface area (Å²) in [5.41, 5.74) is 3.41. The molecular formula is C28H36N4O4S. The van der Waals surface area contributed by atoms with Gasteiger partial charge >= 0.3 is 5.24 Å². The molecule has 1 fully saturated rings. The van der Waals surface area contributed by atoms with Crippen LogP contribution >= 0.6 is 11.8 Å². The Bertz CT molecular complexity index is 1110. The highest BCUT2D eigenvalue weighted by Gasteiger charge is 2.24. The number of rotatable bonds is 11. The second kappa shape index (κ2) is 13.0. The number of thioether (sulfide) groups is 1. The van der Waals surface area contributed by atoms with Crippen LogP contribution in [0.25, 0.3) is 0 Å². The number of hydrogen-bond acceptors (Lipinski definition) is 7. The van der Waals surface area contributed by atoms with Gasteiger partial charge in [0.1, 0.15) is 0 Å². The molecule has 1 saturated carbocycles. The van der Waals surface area contributed by atoms with Gasteiger partial charge in [-0.3, -0.25) is 14.5 Å². The van der Waals surface area contributed by atoms with Crippen molar-refractivity contribution in [3.63, 3.8) is 0 Å². The molecule has 0 radical (unpaired) electrons. The minimum atomic E-state index is -0.0868. The summed E-state index contributed by atoms with van der Waals surface area (Å²) in [7, 11) is 1.65. The first kappa shape index (κ1) is 27.0. The molecule has 0 saturated heterocycles. The van der Waals surface area contributed by atoms with Gasteiger partial charge in [-0.1, -0.05) is 37.7 Å². The number of hydrogen-bond donors (Lipinski definition) is 1. The van der Waals surface area contributed by atoms with Crippen molar-refractivity contribution in [2.45, 2.75) is 52.2 Å². The fourth-order valence-electron chi connectivity index (χ4n) is 4.51. The number of amides is 2. The van der Waals surface area contributed by atoms with E-state index >= 15 is 0 Å². The Hall–Kier alpha value is -3.04. The number of ether oxygens (including phenoxy) is 2. The maximum atomic E-state index is 12.6. The second-order valence-electron chi connectivity index (χ2n) is 9.26. The lowest BCUT2D eigenvalue weighted by Crippen LogP contribution is -2.32. The average Bonchev–Trinajstić information content (AvgIpc) is 3.42. The van der Waals surface area contributed by atoms with Gasteiger partial charge in [0.25, 0.3) is 0 Å². The van der Waals surface area contributed by atoms with E-state index in [1.165, 1.54) is 29.6 Å². The third-order valence-electron chi connectivity index (χ3n) is 6.71. The van der Waals surface area contributed by atoms with Crippen molar-refractivity contribution in [1.29, 1.82) is 0 Å². The molecule has 1 heterocycles. The standard InChI is InChI=1S/C28H36N4O4S/c1-4-31(5-2)18-27(33)29-22-13-10-20(11-14-22)17-32-28(34)37-19-24(30-32)21-12-15-25(35-3)26(16-21)36-23-8-6-7-9-23/h10-16,23H,4-9,17-19H2,1-3H3,(H,29,33). The lowest BCUT2D eigenvalue weighted by atomic mass is 10.1. The van der Waals surface area contributed by atoms with E-state index in [-0.39, 0.29) is 17.3 Å². The smallest absolute Gasteiger partial charge is 0.302 e. The van der Waals surface area contributed by atoms with Crippen molar-refractivity contribution >= 4 is 34.3 Å². The lowest BCUT2D eigenvalue weighted by Gasteiger charge is -2.24. The van der Waals surface area contributed by atoms with E-state index in [4.69, 9.17) is 9.47 Å². The third-order valence-corrected chi connectivity index (χ3v) is 7.58. The van der Waals surface area contributed by atoms with Crippen LogP contribution in [0.15, 0.2) is 47.6 Å². The summed E-state index contributed by atoms with van der Waals surface area (Å²) >= 11 is 1.24. The molecule has 2 aliphatic rings. The monoisotopic (exact) mass is 524 g/mol. The Morgan fingerprint density at radius 3 is 2.51 bits per heavy atom. The zero-order valence-electron chi connectivity index (χ0n) is 21.9. The highest BCUT2D eigenvalue weighted by molar-refractivity contribution is 8.14. The van der Waals surface area contributed by atoms with E-state index in [1.807, 2.05) is 56.3 Å². The predicted molar refractivity (Wildman–Crippen MR) is 149 cm³/mol. The van der Waals surface area contributed by atoms with Gasteiger partial charge in [0.2, 0.25) is 5.91 Å². The molecule has 37 heavy (non-hydrogen) atoms. The Balaban J connectivity index is 1.43. The number of likely N-dealkylation sites (N-methyl/N-ethyl adjacent to an activating group) is 1. The number of carbonyl (C=O) groups is 2. The van der Waals surface area contributed by atoms with Gasteiger partial charge in [-0.05, 0) is 74.7 Å². The number of hydrazone groups is 1. The summed E-state index contributed by atoms with van der Waals surface area (Å²) in [5.74, 6) is 1.89. The van der Waals surface area contributed by atoms with Gasteiger partial charge in [0, 0.05) is 17.0 Å². The van der Waals surface area contributed by atoms with E-state index in [0.717, 1.165) is 54.2 Å². The number of benzene rings is 2. The summed E-state index contributed by atoms with van der Waals surface area (Å²) in [4.78, 5) is 27.0. The molecule has 0 atom stereocenters. The number of nitrogens with one attached hydrogen (secondary N) is 1. The van der Waals surface area contributed by atoms with Crippen LogP contribution in [0.3, 0.4) is 0 Å². The van der Waals surface area contributed by atoms with Crippen LogP contribution in [-0.4, -0.2) is 65.4 Å². The molecule has 4 rings (SSSR count). The van der Waals surface area contributed by atoms with Gasteiger partial charge in [-0.2, -0.15) is 5.10 Å². The number of carbonyl (C=O) groups excluding carboxylic acids is 2. The first-order valence-corrected chi connectivity index (χ1v) is 14.0. The molecule has 1 aliphatic carbocycles. The van der Waals surface area contributed by atoms with Gasteiger partial charge in [-0.15, -0.1) is 0 Å². The first-order chi connectivity index (χ1) is 18.0. The summed E-state index contributed by atoms with van der Waals surface area (Å²) in [5, 5.41) is 9.03. The van der Waals surface area contributed by atoms with Crippen LogP contribution in [0.1, 0.15) is 50.7 Å². The number of anilines is 1. The van der Waals surface area contributed by atoms with E-state index < -0.39 is 0 Å². The highest BCUT2D eigenvalue weighted by atomic mass is 32.2. The van der Waals surface area contributed by atoms with Gasteiger partial charge in [-0.25, -0.2) is 5.01 Å². The summed E-state index contributed by atoms with van der Waals surface area (Å²) < 4.78 is 11.8. The molecular weight excluding hydrogens is 488 g/mol. The van der Waals surface area contributed by atoms with Crippen molar-refractivity contribution in [3.05, 3.63) is 53.6 Å². The largest absolute Gasteiger partial charge is 0.493 e. The normalized spacial score (nSPS) is 16.2. The van der Waals surface area contributed by atoms with E-state index in [9.17, 15) is 9.59 Å². The van der Waals surface area contributed by atoms with Crippen LogP contribution in [0.5, 0.6) is 11.5 Å². The van der Waals surface area contributed by atoms with Crippen molar-refractivity contribution < 1.29 is 19.1 Å². The SMILES string of the molecule is CCN(CC)CC(=O)Nc1ccc(CN2N=C(c3ccc(OC)c(OC4CCCC4)c3)CSC2=O)cc1. The Labute approximate surface area is 223 Å². The molecule has 2 aromatic carbocycles. The summed E-state index contributed by atoms with van der Waals surface area (Å²) in [6.45, 7) is 6.46. The molecule has 8 nitrogen and oxygen atoms in total. The quantitative estimate of drug-likeness (QED) is 0.426. The fraction of sp³-hybridized carbons (Fsp3) is 0.464. The second-order valence-corrected chi connectivity index (χ2v) is 10.2. The minimum absolute atomic E-state index is 0.0379. The summed E-state index contributed by atoms with van der Waals surface area (Å²) in [6, 6.07) is 13.4. The van der Waals surface area contributed by atoms with Gasteiger partial charge < -0.3 is 14.8 Å². The molecule has 9 heteroatoms. The topological polar surface area (TPSA) is 83.5 Å². The Morgan fingerprint density at radius 2 is 1.84 bits per heavy atom. The molecule has 2 aromatic rings. The first-order valence-electron chi connectivity index (χ1n) is 13.0. The molecule has 0 spiro atoms. The van der Waals surface area contributed by atoms with E-state index in [0.29, 0.717) is 24.6 Å². The third kappa shape index (κ3) is 7.26. The fourth-order valence-corrected chi connectivity index (χ4v) is 5.25. The molecule has 1 aliphatic heterocycles. The van der Waals surface area contributed by atoms with Crippen LogP contribution in [-0.2, 0) is 11.3 Å². The van der Waals surface area contributed by atoms with Crippen molar-refractivity contribution in [3.8, 4) is 11.5 Å². The Kier molecular flexibility index (Phi) is 9.46. The highest BCUT2D eigenvalue weighted by Crippen LogP contribution is 2.33. The zero-order chi connectivity index (χ0) is 26.2. The molecule has 2 amide bonds. The van der Waals surface area contributed by atoms with Crippen molar-refractivity contribution in [2.75, 3.05) is 37.8 Å². The maximum Gasteiger partial charge on any atom is 0.302 e. The lowest BCUT2D eigenvalue weighted by molar-refractivity contribution is -0.117. The minimum Gasteiger partial charge on any atom is -0.493 e. The molecule has 0 bridgehead atoms. The van der Waals surface area contributed by atoms with Crippen molar-refractivity contribution in [2.24, 2.45) is 5.10 Å². The van der Waals surface area contributed by atoms with E-state index in [2.05, 4.69) is 15.3 Å². The van der Waals surface area contributed by atoms with Crippen LogP contribution in [0.4, 0.5) is 10.5 Å². The van der Waals surface area contributed by atoms with Crippen molar-refractivity contribution in [1.82, 2.24) is 9.91 Å². The van der Waals surface area contributed by atoms with Crippen LogP contribution in [0.2, 0.25) is 0 Å². The maximum absolute atomic E-state index is 12.6. The van der Waals surface area contributed by atoms with Gasteiger partial charge in [0.15, 0.2) is 11.5 Å². The molecule has 0 unspecified atom stereocenters.